The number of benzene rings is 1. The molecule has 0 saturated carbocycles. The number of carbonyl (C=O) groups is 1. The molecule has 7 heteroatoms. The topological polar surface area (TPSA) is 29.5 Å². The van der Waals surface area contributed by atoms with Gasteiger partial charge in [0.05, 0.1) is 18.7 Å². The molecule has 1 heterocycles. The van der Waals surface area contributed by atoms with Crippen LogP contribution in [0.5, 0.6) is 0 Å². The second-order valence-corrected chi connectivity index (χ2v) is 6.38. The van der Waals surface area contributed by atoms with Crippen molar-refractivity contribution in [3.8, 4) is 0 Å². The van der Waals surface area contributed by atoms with Gasteiger partial charge >= 0.3 is 12.3 Å². The highest BCUT2D eigenvalue weighted by Crippen LogP contribution is 2.38. The molecule has 0 aromatic heterocycles. The van der Waals surface area contributed by atoms with Crippen molar-refractivity contribution in [3.05, 3.63) is 35.4 Å². The Kier molecular flexibility index (Phi) is 3.87. The van der Waals surface area contributed by atoms with E-state index in [0.717, 1.165) is 24.3 Å². The fourth-order valence-corrected chi connectivity index (χ4v) is 2.15. The summed E-state index contributed by atoms with van der Waals surface area (Å²) in [5.74, 6) is 0. The third-order valence-electron chi connectivity index (χ3n) is 3.26. The highest BCUT2D eigenvalue weighted by Gasteiger charge is 2.48. The molecular weight excluding hydrogens is 302 g/mol. The summed E-state index contributed by atoms with van der Waals surface area (Å²) in [6.45, 7) is 4.64. The number of rotatable bonds is 1. The molecular formula is C15H17F4NO2. The molecule has 1 aliphatic rings. The van der Waals surface area contributed by atoms with E-state index in [4.69, 9.17) is 4.74 Å². The molecule has 0 radical (unpaired) electrons. The van der Waals surface area contributed by atoms with E-state index < -0.39 is 29.1 Å². The summed E-state index contributed by atoms with van der Waals surface area (Å²) in [7, 11) is 0. The van der Waals surface area contributed by atoms with Crippen LogP contribution in [0.4, 0.5) is 22.4 Å². The number of nitrogens with zero attached hydrogens (tertiary/aromatic N) is 1. The van der Waals surface area contributed by atoms with Gasteiger partial charge < -0.3 is 9.64 Å². The van der Waals surface area contributed by atoms with Crippen LogP contribution < -0.4 is 0 Å². The molecule has 1 amide bonds. The Morgan fingerprint density at radius 1 is 1.14 bits per heavy atom. The lowest BCUT2D eigenvalue weighted by atomic mass is 9.88. The van der Waals surface area contributed by atoms with Crippen molar-refractivity contribution < 1.29 is 27.1 Å². The Morgan fingerprint density at radius 2 is 1.64 bits per heavy atom. The maximum Gasteiger partial charge on any atom is 0.416 e. The molecule has 0 atom stereocenters. The van der Waals surface area contributed by atoms with Crippen molar-refractivity contribution in [1.82, 2.24) is 4.90 Å². The van der Waals surface area contributed by atoms with Crippen LogP contribution in [0.25, 0.3) is 0 Å². The van der Waals surface area contributed by atoms with Crippen molar-refractivity contribution in [2.24, 2.45) is 0 Å². The third kappa shape index (κ3) is 3.51. The molecule has 1 aromatic rings. The number of carbonyl (C=O) groups excluding carboxylic acids is 1. The minimum atomic E-state index is -4.45. The fourth-order valence-electron chi connectivity index (χ4n) is 2.15. The van der Waals surface area contributed by atoms with Gasteiger partial charge in [-0.2, -0.15) is 13.2 Å². The number of halogens is 4. The van der Waals surface area contributed by atoms with Crippen molar-refractivity contribution in [2.75, 3.05) is 13.1 Å². The van der Waals surface area contributed by atoms with Crippen LogP contribution in [0.15, 0.2) is 24.3 Å². The zero-order chi connectivity index (χ0) is 16.8. The van der Waals surface area contributed by atoms with Gasteiger partial charge in [0.15, 0.2) is 5.67 Å². The molecule has 0 spiro atoms. The molecule has 1 aromatic carbocycles. The van der Waals surface area contributed by atoms with Gasteiger partial charge in [0.1, 0.15) is 5.60 Å². The van der Waals surface area contributed by atoms with E-state index in [0.29, 0.717) is 0 Å². The molecule has 1 fully saturated rings. The van der Waals surface area contributed by atoms with Gasteiger partial charge in [0.25, 0.3) is 0 Å². The van der Waals surface area contributed by atoms with Crippen molar-refractivity contribution in [1.29, 1.82) is 0 Å². The first-order chi connectivity index (χ1) is 9.91. The molecule has 122 valence electrons. The normalized spacial score (nSPS) is 17.9. The predicted molar refractivity (Wildman–Crippen MR) is 72.0 cm³/mol. The molecule has 0 N–H and O–H groups in total. The van der Waals surface area contributed by atoms with Gasteiger partial charge in [-0.3, -0.25) is 0 Å². The summed E-state index contributed by atoms with van der Waals surface area (Å²) < 4.78 is 57.1. The molecule has 0 aliphatic carbocycles. The Balaban J connectivity index is 2.02. The van der Waals surface area contributed by atoms with Gasteiger partial charge in [-0.25, -0.2) is 9.18 Å². The number of hydrogen-bond acceptors (Lipinski definition) is 2. The maximum absolute atomic E-state index is 14.6. The van der Waals surface area contributed by atoms with Crippen LogP contribution >= 0.6 is 0 Å². The van der Waals surface area contributed by atoms with E-state index in [1.54, 1.807) is 20.8 Å². The lowest BCUT2D eigenvalue weighted by molar-refractivity contribution is -0.137. The number of hydrogen-bond donors (Lipinski definition) is 0. The fraction of sp³-hybridized carbons (Fsp3) is 0.533. The van der Waals surface area contributed by atoms with Gasteiger partial charge in [0, 0.05) is 0 Å². The van der Waals surface area contributed by atoms with E-state index >= 15 is 0 Å². The predicted octanol–water partition coefficient (Wildman–Crippen LogP) is 4.12. The van der Waals surface area contributed by atoms with Gasteiger partial charge in [-0.05, 0) is 38.5 Å². The molecule has 0 unspecified atom stereocenters. The Labute approximate surface area is 125 Å². The van der Waals surface area contributed by atoms with Crippen LogP contribution in [0.1, 0.15) is 31.9 Å². The lowest BCUT2D eigenvalue weighted by Crippen LogP contribution is -2.59. The smallest absolute Gasteiger partial charge is 0.416 e. The minimum absolute atomic E-state index is 0.125. The van der Waals surface area contributed by atoms with E-state index in [1.165, 1.54) is 4.90 Å². The van der Waals surface area contributed by atoms with E-state index in [9.17, 15) is 22.4 Å². The van der Waals surface area contributed by atoms with Gasteiger partial charge in [-0.15, -0.1) is 0 Å². The zero-order valence-electron chi connectivity index (χ0n) is 12.5. The Morgan fingerprint density at radius 3 is 2.05 bits per heavy atom. The van der Waals surface area contributed by atoms with Crippen LogP contribution in [0, 0.1) is 0 Å². The quantitative estimate of drug-likeness (QED) is 0.729. The first-order valence-corrected chi connectivity index (χ1v) is 6.75. The summed E-state index contributed by atoms with van der Waals surface area (Å²) in [6, 6.07) is 3.89. The van der Waals surface area contributed by atoms with Crippen molar-refractivity contribution in [2.45, 2.75) is 38.2 Å². The van der Waals surface area contributed by atoms with Crippen LogP contribution in [-0.4, -0.2) is 29.7 Å². The lowest BCUT2D eigenvalue weighted by Gasteiger charge is -2.44. The van der Waals surface area contributed by atoms with Crippen LogP contribution in [-0.2, 0) is 16.6 Å². The minimum Gasteiger partial charge on any atom is -0.444 e. The summed E-state index contributed by atoms with van der Waals surface area (Å²) in [6.07, 6.45) is -5.09. The van der Waals surface area contributed by atoms with Crippen LogP contribution in [0.2, 0.25) is 0 Å². The first-order valence-electron chi connectivity index (χ1n) is 6.75. The third-order valence-corrected chi connectivity index (χ3v) is 3.26. The van der Waals surface area contributed by atoms with Crippen LogP contribution in [0.3, 0.4) is 0 Å². The average molecular weight is 319 g/mol. The summed E-state index contributed by atoms with van der Waals surface area (Å²) in [4.78, 5) is 12.9. The Hall–Kier alpha value is -1.79. The summed E-state index contributed by atoms with van der Waals surface area (Å²) >= 11 is 0. The van der Waals surface area contributed by atoms with E-state index in [1.807, 2.05) is 0 Å². The Bertz CT molecular complexity index is 554. The van der Waals surface area contributed by atoms with E-state index in [-0.39, 0.29) is 18.7 Å². The van der Waals surface area contributed by atoms with Crippen molar-refractivity contribution in [3.63, 3.8) is 0 Å². The average Bonchev–Trinajstić information content (AvgIpc) is 2.32. The zero-order valence-corrected chi connectivity index (χ0v) is 12.5. The molecule has 2 rings (SSSR count). The largest absolute Gasteiger partial charge is 0.444 e. The SMILES string of the molecule is CC(C)(C)OC(=O)N1CC(F)(c2ccc(C(F)(F)F)cc2)C1. The first kappa shape index (κ1) is 16.6. The van der Waals surface area contributed by atoms with E-state index in [2.05, 4.69) is 0 Å². The second kappa shape index (κ2) is 5.14. The van der Waals surface area contributed by atoms with Gasteiger partial charge in [-0.1, -0.05) is 12.1 Å². The highest BCUT2D eigenvalue weighted by molar-refractivity contribution is 5.70. The van der Waals surface area contributed by atoms with Crippen molar-refractivity contribution >= 4 is 6.09 Å². The monoisotopic (exact) mass is 319 g/mol. The summed E-state index contributed by atoms with van der Waals surface area (Å²) in [5.41, 5.74) is -3.22. The summed E-state index contributed by atoms with van der Waals surface area (Å²) in [5, 5.41) is 0. The highest BCUT2D eigenvalue weighted by atomic mass is 19.4. The standard InChI is InChI=1S/C15H17F4NO2/c1-13(2,3)22-12(21)20-8-14(16,9-20)10-4-6-11(7-5-10)15(17,18)19/h4-7H,8-9H2,1-3H3. The van der Waals surface area contributed by atoms with Gasteiger partial charge in [0.2, 0.25) is 0 Å². The number of likely N-dealkylation sites (tertiary alicyclic amines) is 1. The maximum atomic E-state index is 14.6. The number of amides is 1. The molecule has 1 aliphatic heterocycles. The molecule has 0 bridgehead atoms. The second-order valence-electron chi connectivity index (χ2n) is 6.38. The molecule has 22 heavy (non-hydrogen) atoms. The molecule has 1 saturated heterocycles. The number of ether oxygens (including phenoxy) is 1. The number of alkyl halides is 4. The molecule has 3 nitrogen and oxygen atoms in total.